The van der Waals surface area contributed by atoms with Crippen molar-refractivity contribution in [3.8, 4) is 11.4 Å². The van der Waals surface area contributed by atoms with Crippen molar-refractivity contribution in [2.75, 3.05) is 39.8 Å². The summed E-state index contributed by atoms with van der Waals surface area (Å²) < 4.78 is 6.78. The van der Waals surface area contributed by atoms with E-state index in [1.807, 2.05) is 24.9 Å². The molecule has 0 N–H and O–H groups in total. The third-order valence-electron chi connectivity index (χ3n) is 5.19. The van der Waals surface area contributed by atoms with Gasteiger partial charge in [-0.25, -0.2) is 0 Å². The van der Waals surface area contributed by atoms with Crippen molar-refractivity contribution >= 4 is 16.7 Å². The Kier molecular flexibility index (Phi) is 5.31. The Morgan fingerprint density at radius 1 is 1.00 bits per heavy atom. The van der Waals surface area contributed by atoms with Gasteiger partial charge in [0.25, 0.3) is 11.5 Å². The van der Waals surface area contributed by atoms with Crippen LogP contribution in [0.15, 0.2) is 53.3 Å². The molecule has 0 unspecified atom stereocenters. The molecule has 1 aliphatic rings. The molecule has 0 spiro atoms. The molecule has 0 bridgehead atoms. The van der Waals surface area contributed by atoms with Crippen molar-refractivity contribution in [2.45, 2.75) is 6.92 Å². The van der Waals surface area contributed by atoms with Gasteiger partial charge >= 0.3 is 0 Å². The summed E-state index contributed by atoms with van der Waals surface area (Å²) in [5.41, 5.74) is 0.648. The monoisotopic (exact) mass is 392 g/mol. The highest BCUT2D eigenvalue weighted by Crippen LogP contribution is 2.19. The summed E-state index contributed by atoms with van der Waals surface area (Å²) in [6.45, 7) is 5.42. The van der Waals surface area contributed by atoms with Gasteiger partial charge in [0.2, 0.25) is 0 Å². The third-order valence-corrected chi connectivity index (χ3v) is 5.19. The average Bonchev–Trinajstić information content (AvgIpc) is 2.75. The Bertz CT molecular complexity index is 1080. The Labute approximate surface area is 169 Å². The highest BCUT2D eigenvalue weighted by Gasteiger charge is 2.25. The fourth-order valence-corrected chi connectivity index (χ4v) is 3.53. The summed E-state index contributed by atoms with van der Waals surface area (Å²) in [5.74, 6) is 0.577. The van der Waals surface area contributed by atoms with Crippen LogP contribution in [0.1, 0.15) is 17.4 Å². The molecule has 29 heavy (non-hydrogen) atoms. The Morgan fingerprint density at radius 3 is 2.31 bits per heavy atom. The first kappa shape index (κ1) is 19.1. The SMILES string of the molecule is CCOc1ccc(-n2nc(C(=O)N3CCN(C)CC3)c3ccccc3c2=O)cc1. The number of rotatable bonds is 4. The van der Waals surface area contributed by atoms with E-state index in [2.05, 4.69) is 10.00 Å². The molecule has 1 aromatic heterocycles. The van der Waals surface area contributed by atoms with E-state index in [9.17, 15) is 9.59 Å². The summed E-state index contributed by atoms with van der Waals surface area (Å²) in [6.07, 6.45) is 0. The number of piperazine rings is 1. The van der Waals surface area contributed by atoms with Crippen LogP contribution < -0.4 is 10.3 Å². The maximum Gasteiger partial charge on any atom is 0.279 e. The van der Waals surface area contributed by atoms with Crippen molar-refractivity contribution in [1.29, 1.82) is 0 Å². The van der Waals surface area contributed by atoms with E-state index < -0.39 is 0 Å². The normalized spacial score (nSPS) is 14.9. The van der Waals surface area contributed by atoms with Gasteiger partial charge in [-0.1, -0.05) is 18.2 Å². The molecule has 1 fully saturated rings. The van der Waals surface area contributed by atoms with Gasteiger partial charge in [0.15, 0.2) is 5.69 Å². The van der Waals surface area contributed by atoms with Crippen molar-refractivity contribution < 1.29 is 9.53 Å². The molecule has 0 saturated carbocycles. The number of fused-ring (bicyclic) bond motifs is 1. The van der Waals surface area contributed by atoms with Gasteiger partial charge in [-0.05, 0) is 44.3 Å². The van der Waals surface area contributed by atoms with Crippen LogP contribution in [0, 0.1) is 0 Å². The third kappa shape index (κ3) is 3.73. The first-order chi connectivity index (χ1) is 14.1. The standard InChI is InChI=1S/C22H24N4O3/c1-3-29-17-10-8-16(9-11-17)26-21(27)19-7-5-4-6-18(19)20(23-26)22(28)25-14-12-24(2)13-15-25/h4-11H,3,12-15H2,1-2H3. The van der Waals surface area contributed by atoms with E-state index in [1.165, 1.54) is 4.68 Å². The number of likely N-dealkylation sites (N-methyl/N-ethyl adjacent to an activating group) is 1. The molecule has 0 radical (unpaired) electrons. The van der Waals surface area contributed by atoms with E-state index in [1.54, 1.807) is 42.5 Å². The topological polar surface area (TPSA) is 67.7 Å². The second-order valence-corrected chi connectivity index (χ2v) is 7.13. The van der Waals surface area contributed by atoms with Gasteiger partial charge in [-0.2, -0.15) is 9.78 Å². The fourth-order valence-electron chi connectivity index (χ4n) is 3.53. The van der Waals surface area contributed by atoms with Crippen molar-refractivity contribution in [3.05, 3.63) is 64.6 Å². The van der Waals surface area contributed by atoms with Crippen LogP contribution in [0.3, 0.4) is 0 Å². The summed E-state index contributed by atoms with van der Waals surface area (Å²) in [4.78, 5) is 30.3. The molecule has 7 heteroatoms. The first-order valence-electron chi connectivity index (χ1n) is 9.81. The summed E-state index contributed by atoms with van der Waals surface area (Å²) in [7, 11) is 2.04. The van der Waals surface area contributed by atoms with Gasteiger partial charge in [0, 0.05) is 31.6 Å². The molecule has 1 amide bonds. The summed E-state index contributed by atoms with van der Waals surface area (Å²) in [5, 5.41) is 5.57. The molecule has 0 aliphatic carbocycles. The molecule has 0 atom stereocenters. The molecular weight excluding hydrogens is 368 g/mol. The zero-order valence-corrected chi connectivity index (χ0v) is 16.7. The molecule has 1 aliphatic heterocycles. The van der Waals surface area contributed by atoms with Gasteiger partial charge in [0.1, 0.15) is 5.75 Å². The Hall–Kier alpha value is -3.19. The number of carbonyl (C=O) groups is 1. The second-order valence-electron chi connectivity index (χ2n) is 7.13. The molecular formula is C22H24N4O3. The van der Waals surface area contributed by atoms with Crippen LogP contribution in [-0.4, -0.2) is 65.3 Å². The minimum absolute atomic E-state index is 0.144. The number of aromatic nitrogens is 2. The van der Waals surface area contributed by atoms with Crippen molar-refractivity contribution in [2.24, 2.45) is 0 Å². The van der Waals surface area contributed by atoms with Crippen LogP contribution in [0.4, 0.5) is 0 Å². The number of amides is 1. The number of hydrogen-bond acceptors (Lipinski definition) is 5. The number of hydrogen-bond donors (Lipinski definition) is 0. The lowest BCUT2D eigenvalue weighted by atomic mass is 10.1. The lowest BCUT2D eigenvalue weighted by Crippen LogP contribution is -2.47. The average molecular weight is 392 g/mol. The molecule has 150 valence electrons. The largest absolute Gasteiger partial charge is 0.494 e. The number of benzene rings is 2. The summed E-state index contributed by atoms with van der Waals surface area (Å²) in [6, 6.07) is 14.3. The highest BCUT2D eigenvalue weighted by atomic mass is 16.5. The molecule has 1 saturated heterocycles. The lowest BCUT2D eigenvalue weighted by molar-refractivity contribution is 0.0658. The predicted octanol–water partition coefficient (Wildman–Crippen LogP) is 2.17. The van der Waals surface area contributed by atoms with Crippen LogP contribution in [0.25, 0.3) is 16.5 Å². The second kappa shape index (κ2) is 8.05. The zero-order chi connectivity index (χ0) is 20.4. The molecule has 4 rings (SSSR count). The lowest BCUT2D eigenvalue weighted by Gasteiger charge is -2.32. The molecule has 3 aromatic rings. The van der Waals surface area contributed by atoms with E-state index in [0.717, 1.165) is 18.8 Å². The number of nitrogens with zero attached hydrogens (tertiary/aromatic N) is 4. The van der Waals surface area contributed by atoms with Crippen LogP contribution in [-0.2, 0) is 0 Å². The minimum Gasteiger partial charge on any atom is -0.494 e. The van der Waals surface area contributed by atoms with Crippen molar-refractivity contribution in [1.82, 2.24) is 19.6 Å². The maximum absolute atomic E-state index is 13.3. The van der Waals surface area contributed by atoms with E-state index in [4.69, 9.17) is 4.74 Å². The molecule has 7 nitrogen and oxygen atoms in total. The molecule has 2 aromatic carbocycles. The van der Waals surface area contributed by atoms with Gasteiger partial charge in [0.05, 0.1) is 17.7 Å². The highest BCUT2D eigenvalue weighted by molar-refractivity contribution is 6.04. The van der Waals surface area contributed by atoms with Crippen LogP contribution in [0.2, 0.25) is 0 Å². The summed E-state index contributed by atoms with van der Waals surface area (Å²) >= 11 is 0. The fraction of sp³-hybridized carbons (Fsp3) is 0.318. The van der Waals surface area contributed by atoms with Gasteiger partial charge in [-0.15, -0.1) is 0 Å². The van der Waals surface area contributed by atoms with E-state index in [-0.39, 0.29) is 11.5 Å². The zero-order valence-electron chi connectivity index (χ0n) is 16.7. The molecule has 2 heterocycles. The maximum atomic E-state index is 13.3. The quantitative estimate of drug-likeness (QED) is 0.681. The predicted molar refractivity (Wildman–Crippen MR) is 112 cm³/mol. The smallest absolute Gasteiger partial charge is 0.279 e. The van der Waals surface area contributed by atoms with Crippen molar-refractivity contribution in [3.63, 3.8) is 0 Å². The van der Waals surface area contributed by atoms with Crippen LogP contribution in [0.5, 0.6) is 5.75 Å². The van der Waals surface area contributed by atoms with Gasteiger partial charge in [-0.3, -0.25) is 9.59 Å². The number of ether oxygens (including phenoxy) is 1. The van der Waals surface area contributed by atoms with E-state index >= 15 is 0 Å². The first-order valence-corrected chi connectivity index (χ1v) is 9.81. The van der Waals surface area contributed by atoms with Gasteiger partial charge < -0.3 is 14.5 Å². The van der Waals surface area contributed by atoms with Crippen LogP contribution >= 0.6 is 0 Å². The Balaban J connectivity index is 1.81. The Morgan fingerprint density at radius 2 is 1.66 bits per heavy atom. The van der Waals surface area contributed by atoms with E-state index in [0.29, 0.717) is 41.9 Å². The minimum atomic E-state index is -0.250. The number of carbonyl (C=O) groups excluding carboxylic acids is 1.